The molecule has 0 spiro atoms. The van der Waals surface area contributed by atoms with Crippen LogP contribution in [0.15, 0.2) is 0 Å². The minimum absolute atomic E-state index is 0.257. The zero-order valence-corrected chi connectivity index (χ0v) is 12.4. The fourth-order valence-electron chi connectivity index (χ4n) is 3.55. The number of rotatable bonds is 6. The zero-order chi connectivity index (χ0) is 13.0. The molecule has 3 N–H and O–H groups in total. The predicted octanol–water partition coefficient (Wildman–Crippen LogP) is 3.31. The molecule has 2 heteroatoms. The van der Waals surface area contributed by atoms with Gasteiger partial charge in [-0.15, -0.1) is 0 Å². The number of hydrogen-bond acceptors (Lipinski definition) is 2. The fraction of sp³-hybridized carbons (Fsp3) is 1.00. The van der Waals surface area contributed by atoms with E-state index >= 15 is 0 Å². The summed E-state index contributed by atoms with van der Waals surface area (Å²) in [5.41, 5.74) is 6.37. The van der Waals surface area contributed by atoms with Gasteiger partial charge in [-0.3, -0.25) is 0 Å². The van der Waals surface area contributed by atoms with Gasteiger partial charge in [-0.2, -0.15) is 0 Å². The average molecular weight is 252 g/mol. The molecular weight excluding hydrogens is 220 g/mol. The Morgan fingerprint density at radius 1 is 1.22 bits per heavy atom. The molecule has 2 rings (SSSR count). The molecular formula is C16H32N2. The van der Waals surface area contributed by atoms with Crippen molar-refractivity contribution in [2.24, 2.45) is 23.5 Å². The van der Waals surface area contributed by atoms with E-state index < -0.39 is 0 Å². The number of nitrogens with one attached hydrogen (secondary N) is 1. The monoisotopic (exact) mass is 252 g/mol. The lowest BCUT2D eigenvalue weighted by molar-refractivity contribution is 0.266. The Balaban J connectivity index is 1.84. The van der Waals surface area contributed by atoms with Crippen molar-refractivity contribution in [1.29, 1.82) is 0 Å². The summed E-state index contributed by atoms with van der Waals surface area (Å²) in [7, 11) is 0. The Labute approximate surface area is 113 Å². The van der Waals surface area contributed by atoms with Gasteiger partial charge in [0.25, 0.3) is 0 Å². The molecule has 18 heavy (non-hydrogen) atoms. The molecule has 0 aliphatic heterocycles. The Kier molecular flexibility index (Phi) is 5.08. The van der Waals surface area contributed by atoms with Crippen molar-refractivity contribution in [2.45, 2.75) is 70.8 Å². The van der Waals surface area contributed by atoms with Crippen molar-refractivity contribution in [3.8, 4) is 0 Å². The standard InChI is InChI=1S/C16H32N2/c1-3-14-5-4-9-16(12-17,10-8-14)18-11-13(2)15-6-7-15/h13-15,18H,3-12,17H2,1-2H3. The maximum Gasteiger partial charge on any atom is 0.0304 e. The van der Waals surface area contributed by atoms with Crippen LogP contribution in [0.5, 0.6) is 0 Å². The maximum absolute atomic E-state index is 6.11. The molecule has 2 saturated carbocycles. The summed E-state index contributed by atoms with van der Waals surface area (Å²) < 4.78 is 0. The molecule has 2 nitrogen and oxygen atoms in total. The smallest absolute Gasteiger partial charge is 0.0304 e. The summed E-state index contributed by atoms with van der Waals surface area (Å²) in [5.74, 6) is 2.79. The molecule has 106 valence electrons. The predicted molar refractivity (Wildman–Crippen MR) is 78.5 cm³/mol. The van der Waals surface area contributed by atoms with Crippen molar-refractivity contribution in [3.63, 3.8) is 0 Å². The van der Waals surface area contributed by atoms with Gasteiger partial charge in [-0.1, -0.05) is 33.1 Å². The van der Waals surface area contributed by atoms with Crippen LogP contribution in [0, 0.1) is 17.8 Å². The van der Waals surface area contributed by atoms with Gasteiger partial charge in [0.05, 0.1) is 0 Å². The van der Waals surface area contributed by atoms with Crippen molar-refractivity contribution < 1.29 is 0 Å². The van der Waals surface area contributed by atoms with Crippen LogP contribution in [-0.4, -0.2) is 18.6 Å². The normalized spacial score (nSPS) is 35.2. The topological polar surface area (TPSA) is 38.0 Å². The van der Waals surface area contributed by atoms with Gasteiger partial charge in [0.15, 0.2) is 0 Å². The minimum atomic E-state index is 0.257. The van der Waals surface area contributed by atoms with Crippen LogP contribution in [0.4, 0.5) is 0 Å². The average Bonchev–Trinajstić information content (AvgIpc) is 3.23. The third-order valence-electron chi connectivity index (χ3n) is 5.49. The van der Waals surface area contributed by atoms with Crippen LogP contribution < -0.4 is 11.1 Å². The largest absolute Gasteiger partial charge is 0.329 e. The van der Waals surface area contributed by atoms with Gasteiger partial charge in [0, 0.05) is 12.1 Å². The van der Waals surface area contributed by atoms with E-state index in [1.54, 1.807) is 0 Å². The van der Waals surface area contributed by atoms with Crippen LogP contribution in [0.25, 0.3) is 0 Å². The first-order valence-electron chi connectivity index (χ1n) is 8.14. The second-order valence-electron chi connectivity index (χ2n) is 6.89. The SMILES string of the molecule is CCC1CCCC(CN)(NCC(C)C2CC2)CC1. The van der Waals surface area contributed by atoms with Crippen molar-refractivity contribution >= 4 is 0 Å². The third-order valence-corrected chi connectivity index (χ3v) is 5.49. The highest BCUT2D eigenvalue weighted by atomic mass is 15.0. The van der Waals surface area contributed by atoms with E-state index in [4.69, 9.17) is 5.73 Å². The highest BCUT2D eigenvalue weighted by molar-refractivity contribution is 4.93. The molecule has 0 amide bonds. The molecule has 0 saturated heterocycles. The first kappa shape index (κ1) is 14.3. The molecule has 0 aromatic rings. The molecule has 3 unspecified atom stereocenters. The second-order valence-corrected chi connectivity index (χ2v) is 6.89. The summed E-state index contributed by atoms with van der Waals surface area (Å²) in [6.07, 6.45) is 11.0. The van der Waals surface area contributed by atoms with E-state index in [0.717, 1.165) is 24.3 Å². The van der Waals surface area contributed by atoms with Crippen LogP contribution >= 0.6 is 0 Å². The molecule has 0 heterocycles. The molecule has 2 fully saturated rings. The van der Waals surface area contributed by atoms with Gasteiger partial charge in [0.1, 0.15) is 0 Å². The Hall–Kier alpha value is -0.0800. The van der Waals surface area contributed by atoms with Gasteiger partial charge in [0.2, 0.25) is 0 Å². The molecule has 0 aromatic heterocycles. The lowest BCUT2D eigenvalue weighted by Crippen LogP contribution is -2.52. The van der Waals surface area contributed by atoms with E-state index in [9.17, 15) is 0 Å². The Morgan fingerprint density at radius 3 is 2.61 bits per heavy atom. The van der Waals surface area contributed by atoms with Crippen molar-refractivity contribution in [2.75, 3.05) is 13.1 Å². The van der Waals surface area contributed by atoms with Gasteiger partial charge in [-0.05, 0) is 56.4 Å². The van der Waals surface area contributed by atoms with Crippen LogP contribution in [0.1, 0.15) is 65.2 Å². The Bertz CT molecular complexity index is 249. The van der Waals surface area contributed by atoms with Crippen molar-refractivity contribution in [1.82, 2.24) is 5.32 Å². The lowest BCUT2D eigenvalue weighted by Gasteiger charge is -2.34. The molecule has 0 aromatic carbocycles. The molecule has 3 atom stereocenters. The van der Waals surface area contributed by atoms with E-state index in [-0.39, 0.29) is 5.54 Å². The molecule has 2 aliphatic rings. The third kappa shape index (κ3) is 3.71. The summed E-state index contributed by atoms with van der Waals surface area (Å²) in [6.45, 7) is 6.74. The number of hydrogen-bond donors (Lipinski definition) is 2. The van der Waals surface area contributed by atoms with Crippen LogP contribution in [0.2, 0.25) is 0 Å². The first-order valence-corrected chi connectivity index (χ1v) is 8.14. The summed E-state index contributed by atoms with van der Waals surface area (Å²) in [5, 5.41) is 3.87. The van der Waals surface area contributed by atoms with E-state index in [2.05, 4.69) is 19.2 Å². The quantitative estimate of drug-likeness (QED) is 0.712. The number of nitrogens with two attached hydrogens (primary N) is 1. The zero-order valence-electron chi connectivity index (χ0n) is 12.4. The fourth-order valence-corrected chi connectivity index (χ4v) is 3.55. The first-order chi connectivity index (χ1) is 8.69. The van der Waals surface area contributed by atoms with E-state index in [1.807, 2.05) is 0 Å². The molecule has 2 aliphatic carbocycles. The summed E-state index contributed by atoms with van der Waals surface area (Å²) in [4.78, 5) is 0. The van der Waals surface area contributed by atoms with Crippen molar-refractivity contribution in [3.05, 3.63) is 0 Å². The van der Waals surface area contributed by atoms with E-state index in [1.165, 1.54) is 57.9 Å². The van der Waals surface area contributed by atoms with Gasteiger partial charge < -0.3 is 11.1 Å². The Morgan fingerprint density at radius 2 is 2.00 bits per heavy atom. The lowest BCUT2D eigenvalue weighted by atomic mass is 9.88. The summed E-state index contributed by atoms with van der Waals surface area (Å²) >= 11 is 0. The molecule has 0 bridgehead atoms. The van der Waals surface area contributed by atoms with Crippen LogP contribution in [0.3, 0.4) is 0 Å². The second kappa shape index (κ2) is 6.38. The maximum atomic E-state index is 6.11. The van der Waals surface area contributed by atoms with Gasteiger partial charge >= 0.3 is 0 Å². The van der Waals surface area contributed by atoms with E-state index in [0.29, 0.717) is 0 Å². The molecule has 0 radical (unpaired) electrons. The highest BCUT2D eigenvalue weighted by Crippen LogP contribution is 2.37. The minimum Gasteiger partial charge on any atom is -0.329 e. The summed E-state index contributed by atoms with van der Waals surface area (Å²) in [6, 6.07) is 0. The van der Waals surface area contributed by atoms with Gasteiger partial charge in [-0.25, -0.2) is 0 Å². The van der Waals surface area contributed by atoms with Crippen LogP contribution in [-0.2, 0) is 0 Å². The highest BCUT2D eigenvalue weighted by Gasteiger charge is 2.33.